The number of aromatic hydroxyl groups is 1. The average Bonchev–Trinajstić information content (AvgIpc) is 3.89. The highest BCUT2D eigenvalue weighted by molar-refractivity contribution is 6.34. The number of aliphatic imine (C=N–C) groups is 1. The van der Waals surface area contributed by atoms with Crippen LogP contribution in [0.2, 0.25) is 0 Å². The molecule has 2 amide bonds. The minimum atomic E-state index is -1.96. The van der Waals surface area contributed by atoms with Gasteiger partial charge in [0.25, 0.3) is 11.7 Å². The number of Topliss-reactive ketones (excluding diaryl/α,β-unsaturated/α-hetero) is 2. The van der Waals surface area contributed by atoms with E-state index in [4.69, 9.17) is 19.2 Å². The van der Waals surface area contributed by atoms with Crippen molar-refractivity contribution in [2.45, 2.75) is 143 Å². The second kappa shape index (κ2) is 22.6. The van der Waals surface area contributed by atoms with Gasteiger partial charge in [0.1, 0.15) is 35.4 Å². The summed E-state index contributed by atoms with van der Waals surface area (Å²) in [5, 5.41) is 41.8. The van der Waals surface area contributed by atoms with Crippen LogP contribution in [-0.4, -0.2) is 123 Å². The topological polar surface area (TPSA) is 217 Å². The van der Waals surface area contributed by atoms with Crippen LogP contribution in [0.5, 0.6) is 11.5 Å². The van der Waals surface area contributed by atoms with Gasteiger partial charge in [-0.15, -0.1) is 0 Å². The number of hydrogen-bond donors (Lipinski definition) is 5. The molecular formula is C59H77N5O11. The van der Waals surface area contributed by atoms with E-state index in [2.05, 4.69) is 41.5 Å². The third kappa shape index (κ3) is 11.5. The number of ketones is 2. The monoisotopic (exact) mass is 1030 g/mol. The third-order valence-electron chi connectivity index (χ3n) is 16.5. The van der Waals surface area contributed by atoms with E-state index >= 15 is 0 Å². The van der Waals surface area contributed by atoms with Gasteiger partial charge in [-0.1, -0.05) is 90.1 Å². The minimum absolute atomic E-state index is 0.0218. The van der Waals surface area contributed by atoms with Crippen molar-refractivity contribution >= 4 is 35.1 Å². The maximum atomic E-state index is 14.9. The molecule has 1 aliphatic carbocycles. The standard InChI is InChI=1S/C59H77N5O11/c1-33(2)32-63-28-24-59(25-29-63)61-47-44-45-52(69)39(8)55-46(44)56(71)58(9,75-55)73-30-14-17-35(4)54(74-43(66)31-42(65)64-26-22-41(23-27-64)21-20-40-18-11-10-12-19-40)38(7)51(68)37(6)50(67)34(3)15-13-16-36(5)57(72)60-49(53(45)70)48(47)62-59/h10-16,18-19,30,33-35,37-38,41,50-51,54,62,67-69H,17,20-29,31-32H2,1-9H3,(H,60,72)/b15-13+,30-14+,36-16-/t34-,35+,37+,38+,50-,51+,54+,58-/m0/s1. The van der Waals surface area contributed by atoms with Crippen LogP contribution in [0.15, 0.2) is 82.9 Å². The van der Waals surface area contributed by atoms with Gasteiger partial charge >= 0.3 is 11.8 Å². The maximum Gasteiger partial charge on any atom is 0.315 e. The molecule has 5 N–H and O–H groups in total. The SMILES string of the molecule is C/C1=C/C=C/[C@H](C)[C@H](O)[C@@H](C)[C@@H](O)[C@@H](C)[C@H](OC(=O)CC(=O)N2CCC(CCc3ccccc3)CC2)[C@H](C)C/C=C/O[C@@]2(C)Oc3c(C)c(O)c4c(c3C2=O)C2=NC3(CCN(CC(C)C)CC3)NC2=C(NC1=O)C4=O. The normalized spacial score (nSPS) is 30.2. The van der Waals surface area contributed by atoms with Gasteiger partial charge in [-0.3, -0.25) is 29.0 Å². The summed E-state index contributed by atoms with van der Waals surface area (Å²) in [5.41, 5.74) is 1.08. The van der Waals surface area contributed by atoms with Gasteiger partial charge in [0.05, 0.1) is 41.0 Å². The summed E-state index contributed by atoms with van der Waals surface area (Å²) in [7, 11) is 0. The summed E-state index contributed by atoms with van der Waals surface area (Å²) in [5.74, 6) is -6.81. The van der Waals surface area contributed by atoms with Gasteiger partial charge in [-0.25, -0.2) is 0 Å². The van der Waals surface area contributed by atoms with Crippen molar-refractivity contribution < 1.29 is 53.5 Å². The first kappa shape index (κ1) is 55.1. The number of aliphatic hydroxyl groups excluding tert-OH is 2. The number of nitrogens with one attached hydrogen (secondary N) is 2. The summed E-state index contributed by atoms with van der Waals surface area (Å²) in [6, 6.07) is 10.3. The summed E-state index contributed by atoms with van der Waals surface area (Å²) >= 11 is 0. The van der Waals surface area contributed by atoms with Crippen LogP contribution in [0, 0.1) is 42.4 Å². The molecule has 0 aromatic heterocycles. The predicted octanol–water partition coefficient (Wildman–Crippen LogP) is 7.23. The molecule has 0 radical (unpaired) electrons. The van der Waals surface area contributed by atoms with E-state index < -0.39 is 89.0 Å². The van der Waals surface area contributed by atoms with Gasteiger partial charge in [-0.05, 0) is 75.3 Å². The number of carbonyl (C=O) groups excluding carboxylic acids is 5. The van der Waals surface area contributed by atoms with E-state index in [0.29, 0.717) is 50.9 Å². The first-order valence-corrected chi connectivity index (χ1v) is 27.0. The summed E-state index contributed by atoms with van der Waals surface area (Å²) < 4.78 is 18.6. The molecule has 2 saturated heterocycles. The lowest BCUT2D eigenvalue weighted by atomic mass is 9.79. The van der Waals surface area contributed by atoms with Gasteiger partial charge in [0.15, 0.2) is 0 Å². The molecule has 16 nitrogen and oxygen atoms in total. The molecule has 2 fully saturated rings. The van der Waals surface area contributed by atoms with Crippen LogP contribution < -0.4 is 15.4 Å². The summed E-state index contributed by atoms with van der Waals surface area (Å²) in [4.78, 5) is 80.4. The van der Waals surface area contributed by atoms with E-state index in [9.17, 15) is 39.3 Å². The fourth-order valence-electron chi connectivity index (χ4n) is 11.7. The molecule has 7 aliphatic rings. The number of benzene rings is 2. The van der Waals surface area contributed by atoms with Crippen LogP contribution in [0.4, 0.5) is 0 Å². The molecule has 2 aromatic rings. The second-order valence-electron chi connectivity index (χ2n) is 22.6. The van der Waals surface area contributed by atoms with Crippen LogP contribution in [0.1, 0.15) is 138 Å². The summed E-state index contributed by atoms with van der Waals surface area (Å²) in [6.07, 6.45) is 9.31. The predicted molar refractivity (Wildman–Crippen MR) is 284 cm³/mol. The Morgan fingerprint density at radius 3 is 2.29 bits per heavy atom. The Morgan fingerprint density at radius 2 is 1.61 bits per heavy atom. The van der Waals surface area contributed by atoms with E-state index in [1.54, 1.807) is 63.8 Å². The van der Waals surface area contributed by atoms with Crippen molar-refractivity contribution in [3.05, 3.63) is 106 Å². The second-order valence-corrected chi connectivity index (χ2v) is 22.6. The largest absolute Gasteiger partial charge is 0.507 e. The zero-order valence-corrected chi connectivity index (χ0v) is 45.1. The number of fused-ring (bicyclic) bond motifs is 13. The first-order valence-electron chi connectivity index (χ1n) is 27.0. The van der Waals surface area contributed by atoms with Crippen LogP contribution in [0.3, 0.4) is 0 Å². The lowest BCUT2D eigenvalue weighted by molar-refractivity contribution is -0.162. The Morgan fingerprint density at radius 1 is 0.920 bits per heavy atom. The maximum absolute atomic E-state index is 14.9. The molecule has 6 aliphatic heterocycles. The molecule has 75 heavy (non-hydrogen) atoms. The Labute approximate surface area is 441 Å². The number of hydrogen-bond acceptors (Lipinski definition) is 14. The Kier molecular flexibility index (Phi) is 16.6. The molecule has 1 spiro atoms. The fourth-order valence-corrected chi connectivity index (χ4v) is 11.7. The van der Waals surface area contributed by atoms with Crippen LogP contribution >= 0.6 is 0 Å². The molecule has 8 atom stereocenters. The molecule has 0 unspecified atom stereocenters. The number of aliphatic hydroxyl groups is 2. The molecule has 6 heterocycles. The molecule has 404 valence electrons. The van der Waals surface area contributed by atoms with Crippen molar-refractivity contribution in [3.63, 3.8) is 0 Å². The number of nitrogens with zero attached hydrogens (tertiary/aromatic N) is 3. The van der Waals surface area contributed by atoms with Crippen molar-refractivity contribution in [3.8, 4) is 11.5 Å². The highest BCUT2D eigenvalue weighted by Gasteiger charge is 2.54. The van der Waals surface area contributed by atoms with Crippen molar-refractivity contribution in [2.75, 3.05) is 32.7 Å². The highest BCUT2D eigenvalue weighted by atomic mass is 16.7. The Hall–Kier alpha value is -6.10. The lowest BCUT2D eigenvalue weighted by Gasteiger charge is -2.38. The van der Waals surface area contributed by atoms with E-state index in [-0.39, 0.29) is 63.0 Å². The van der Waals surface area contributed by atoms with Crippen LogP contribution in [0.25, 0.3) is 0 Å². The quantitative estimate of drug-likeness (QED) is 0.130. The number of amides is 2. The molecule has 9 rings (SSSR count). The molecule has 0 saturated carbocycles. The molecule has 5 bridgehead atoms. The first-order chi connectivity index (χ1) is 35.6. The number of aryl methyl sites for hydroxylation is 1. The van der Waals surface area contributed by atoms with Gasteiger partial charge in [-0.2, -0.15) is 0 Å². The van der Waals surface area contributed by atoms with Crippen molar-refractivity contribution in [1.29, 1.82) is 0 Å². The molecule has 2 aromatic carbocycles. The number of phenols is 1. The van der Waals surface area contributed by atoms with E-state index in [1.807, 2.05) is 25.1 Å². The fraction of sp³-hybridized carbons (Fsp3) is 0.559. The number of ether oxygens (including phenoxy) is 3. The van der Waals surface area contributed by atoms with Crippen LogP contribution in [-0.2, 0) is 30.3 Å². The van der Waals surface area contributed by atoms with Gasteiger partial charge < -0.3 is 50.0 Å². The number of carbonyl (C=O) groups is 5. The smallest absolute Gasteiger partial charge is 0.315 e. The van der Waals surface area contributed by atoms with Gasteiger partial charge in [0, 0.05) is 86.9 Å². The Bertz CT molecular complexity index is 2690. The zero-order chi connectivity index (χ0) is 54.1. The van der Waals surface area contributed by atoms with E-state index in [0.717, 1.165) is 32.2 Å². The Balaban J connectivity index is 1.07. The number of phenolic OH excluding ortho intramolecular Hbond substituents is 1. The molecular weight excluding hydrogens is 955 g/mol. The lowest BCUT2D eigenvalue weighted by Crippen LogP contribution is -2.50. The minimum Gasteiger partial charge on any atom is -0.507 e. The number of rotatable bonds is 8. The van der Waals surface area contributed by atoms with Gasteiger partial charge in [0.2, 0.25) is 11.7 Å². The third-order valence-corrected chi connectivity index (χ3v) is 16.5. The number of likely N-dealkylation sites (tertiary alicyclic amines) is 2. The molecule has 16 heteroatoms. The highest BCUT2D eigenvalue weighted by Crippen LogP contribution is 2.50. The average molecular weight is 1030 g/mol. The number of piperidine rings is 2. The van der Waals surface area contributed by atoms with Crippen molar-refractivity contribution in [2.24, 2.45) is 40.5 Å². The summed E-state index contributed by atoms with van der Waals surface area (Å²) in [6.45, 7) is 19.4. The zero-order valence-electron chi connectivity index (χ0n) is 45.1. The van der Waals surface area contributed by atoms with E-state index in [1.165, 1.54) is 18.7 Å². The number of allylic oxidation sites excluding steroid dienone is 5. The number of esters is 1. The van der Waals surface area contributed by atoms with Crippen molar-refractivity contribution in [1.82, 2.24) is 20.4 Å².